The van der Waals surface area contributed by atoms with E-state index in [1.807, 2.05) is 6.07 Å². The smallest absolute Gasteiger partial charge is 0.101 e. The van der Waals surface area contributed by atoms with Crippen LogP contribution in [0.15, 0.2) is 18.2 Å². The lowest BCUT2D eigenvalue weighted by Crippen LogP contribution is -2.40. The Hall–Kier alpha value is -1.24. The third kappa shape index (κ3) is 2.86. The van der Waals surface area contributed by atoms with Crippen molar-refractivity contribution in [2.45, 2.75) is 32.2 Å². The molecule has 2 unspecified atom stereocenters. The van der Waals surface area contributed by atoms with Crippen molar-refractivity contribution in [2.75, 3.05) is 18.0 Å². The molecule has 102 valence electrons. The molecule has 1 saturated carbocycles. The van der Waals surface area contributed by atoms with Crippen LogP contribution in [0, 0.1) is 17.2 Å². The number of benzene rings is 1. The fourth-order valence-corrected chi connectivity index (χ4v) is 3.29. The number of nitrogens with two attached hydrogens (primary N) is 1. The summed E-state index contributed by atoms with van der Waals surface area (Å²) < 4.78 is 0. The maximum absolute atomic E-state index is 9.28. The Labute approximate surface area is 120 Å². The molecule has 0 spiro atoms. The average Bonchev–Trinajstić information content (AvgIpc) is 2.88. The molecular formula is C15H20ClN3. The lowest BCUT2D eigenvalue weighted by Gasteiger charge is -2.34. The van der Waals surface area contributed by atoms with Crippen molar-refractivity contribution in [3.63, 3.8) is 0 Å². The first-order chi connectivity index (χ1) is 9.21. The van der Waals surface area contributed by atoms with Crippen molar-refractivity contribution in [1.82, 2.24) is 0 Å². The van der Waals surface area contributed by atoms with Crippen molar-refractivity contribution >= 4 is 17.3 Å². The monoisotopic (exact) mass is 277 g/mol. The maximum atomic E-state index is 9.28. The zero-order valence-corrected chi connectivity index (χ0v) is 12.0. The lowest BCUT2D eigenvalue weighted by atomic mass is 10.0. The van der Waals surface area contributed by atoms with Crippen molar-refractivity contribution in [1.29, 1.82) is 5.26 Å². The SMILES string of the molecule is CCN(c1cc(Cl)ccc1C#N)C1CCCC1CN. The second-order valence-electron chi connectivity index (χ2n) is 5.05. The summed E-state index contributed by atoms with van der Waals surface area (Å²) in [5.74, 6) is 0.519. The van der Waals surface area contributed by atoms with E-state index in [0.29, 0.717) is 29.1 Å². The highest BCUT2D eigenvalue weighted by molar-refractivity contribution is 6.30. The molecule has 0 radical (unpaired) electrons. The van der Waals surface area contributed by atoms with E-state index in [1.165, 1.54) is 12.8 Å². The van der Waals surface area contributed by atoms with Gasteiger partial charge in [0.15, 0.2) is 0 Å². The number of hydrogen-bond acceptors (Lipinski definition) is 3. The number of halogens is 1. The molecule has 0 saturated heterocycles. The fraction of sp³-hybridized carbons (Fsp3) is 0.533. The van der Waals surface area contributed by atoms with Gasteiger partial charge < -0.3 is 10.6 Å². The summed E-state index contributed by atoms with van der Waals surface area (Å²) in [5, 5.41) is 9.95. The Bertz CT molecular complexity index is 481. The third-order valence-corrected chi connectivity index (χ3v) is 4.29. The van der Waals surface area contributed by atoms with Gasteiger partial charge in [0, 0.05) is 17.6 Å². The summed E-state index contributed by atoms with van der Waals surface area (Å²) in [6, 6.07) is 8.16. The van der Waals surface area contributed by atoms with Crippen LogP contribution in [0.3, 0.4) is 0 Å². The van der Waals surface area contributed by atoms with Crippen LogP contribution in [0.1, 0.15) is 31.7 Å². The van der Waals surface area contributed by atoms with Gasteiger partial charge in [0.05, 0.1) is 11.3 Å². The summed E-state index contributed by atoms with van der Waals surface area (Å²) in [5.41, 5.74) is 7.51. The van der Waals surface area contributed by atoms with E-state index in [9.17, 15) is 5.26 Å². The minimum Gasteiger partial charge on any atom is -0.367 e. The highest BCUT2D eigenvalue weighted by Gasteiger charge is 2.31. The number of nitrogens with zero attached hydrogens (tertiary/aromatic N) is 2. The van der Waals surface area contributed by atoms with Gasteiger partial charge in [0.25, 0.3) is 0 Å². The molecule has 2 atom stereocenters. The summed E-state index contributed by atoms with van der Waals surface area (Å²) in [6.07, 6.45) is 3.54. The van der Waals surface area contributed by atoms with E-state index in [-0.39, 0.29) is 0 Å². The van der Waals surface area contributed by atoms with E-state index in [1.54, 1.807) is 12.1 Å². The van der Waals surface area contributed by atoms with Gasteiger partial charge in [-0.15, -0.1) is 0 Å². The van der Waals surface area contributed by atoms with E-state index in [2.05, 4.69) is 17.9 Å². The molecule has 2 N–H and O–H groups in total. The number of hydrogen-bond donors (Lipinski definition) is 1. The summed E-state index contributed by atoms with van der Waals surface area (Å²) >= 11 is 6.09. The average molecular weight is 278 g/mol. The van der Waals surface area contributed by atoms with Crippen molar-refractivity contribution in [3.05, 3.63) is 28.8 Å². The Morgan fingerprint density at radius 2 is 2.26 bits per heavy atom. The standard InChI is InChI=1S/C15H20ClN3/c1-2-19(14-5-3-4-11(14)9-17)15-8-13(16)7-6-12(15)10-18/h6-8,11,14H,2-5,9,17H2,1H3. The van der Waals surface area contributed by atoms with E-state index < -0.39 is 0 Å². The highest BCUT2D eigenvalue weighted by Crippen LogP contribution is 2.34. The zero-order chi connectivity index (χ0) is 13.8. The Morgan fingerprint density at radius 1 is 1.47 bits per heavy atom. The van der Waals surface area contributed by atoms with Crippen LogP contribution in [0.4, 0.5) is 5.69 Å². The minimum atomic E-state index is 0.431. The van der Waals surface area contributed by atoms with Crippen LogP contribution in [0.25, 0.3) is 0 Å². The van der Waals surface area contributed by atoms with Gasteiger partial charge in [-0.1, -0.05) is 18.0 Å². The molecule has 4 heteroatoms. The number of anilines is 1. The van der Waals surface area contributed by atoms with Gasteiger partial charge in [-0.05, 0) is 50.4 Å². The van der Waals surface area contributed by atoms with Crippen LogP contribution in [0.2, 0.25) is 5.02 Å². The van der Waals surface area contributed by atoms with Crippen LogP contribution in [0.5, 0.6) is 0 Å². The van der Waals surface area contributed by atoms with E-state index >= 15 is 0 Å². The van der Waals surface area contributed by atoms with Gasteiger partial charge >= 0.3 is 0 Å². The third-order valence-electron chi connectivity index (χ3n) is 4.05. The summed E-state index contributed by atoms with van der Waals surface area (Å²) in [4.78, 5) is 2.30. The molecule has 1 fully saturated rings. The Balaban J connectivity index is 2.36. The molecule has 0 amide bonds. The molecule has 1 aliphatic rings. The highest BCUT2D eigenvalue weighted by atomic mass is 35.5. The Morgan fingerprint density at radius 3 is 2.89 bits per heavy atom. The van der Waals surface area contributed by atoms with Gasteiger partial charge in [0.1, 0.15) is 6.07 Å². The zero-order valence-electron chi connectivity index (χ0n) is 11.3. The predicted octanol–water partition coefficient (Wildman–Crippen LogP) is 3.17. The largest absolute Gasteiger partial charge is 0.367 e. The fourth-order valence-electron chi connectivity index (χ4n) is 3.12. The second kappa shape index (κ2) is 6.27. The topological polar surface area (TPSA) is 53.0 Å². The molecule has 0 aromatic heterocycles. The first-order valence-electron chi connectivity index (χ1n) is 6.87. The molecule has 1 aromatic rings. The molecule has 0 aliphatic heterocycles. The molecular weight excluding hydrogens is 258 g/mol. The van der Waals surface area contributed by atoms with Gasteiger partial charge in [-0.3, -0.25) is 0 Å². The van der Waals surface area contributed by atoms with Crippen LogP contribution < -0.4 is 10.6 Å². The first kappa shape index (κ1) is 14.2. The molecule has 1 aliphatic carbocycles. The quantitative estimate of drug-likeness (QED) is 0.920. The van der Waals surface area contributed by atoms with Crippen LogP contribution in [-0.4, -0.2) is 19.1 Å². The van der Waals surface area contributed by atoms with Crippen molar-refractivity contribution in [3.8, 4) is 6.07 Å². The molecule has 1 aromatic carbocycles. The Kier molecular flexibility index (Phi) is 4.68. The normalized spacial score (nSPS) is 22.2. The van der Waals surface area contributed by atoms with E-state index in [4.69, 9.17) is 17.3 Å². The maximum Gasteiger partial charge on any atom is 0.101 e. The van der Waals surface area contributed by atoms with E-state index in [0.717, 1.165) is 18.7 Å². The second-order valence-corrected chi connectivity index (χ2v) is 5.49. The van der Waals surface area contributed by atoms with Crippen LogP contribution in [-0.2, 0) is 0 Å². The van der Waals surface area contributed by atoms with Crippen molar-refractivity contribution < 1.29 is 0 Å². The van der Waals surface area contributed by atoms with Crippen LogP contribution >= 0.6 is 11.6 Å². The molecule has 2 rings (SSSR count). The van der Waals surface area contributed by atoms with Crippen molar-refractivity contribution in [2.24, 2.45) is 11.7 Å². The van der Waals surface area contributed by atoms with Gasteiger partial charge in [-0.2, -0.15) is 5.26 Å². The van der Waals surface area contributed by atoms with Gasteiger partial charge in [0.2, 0.25) is 0 Å². The number of nitriles is 1. The number of rotatable bonds is 4. The minimum absolute atomic E-state index is 0.431. The molecule has 0 bridgehead atoms. The predicted molar refractivity (Wildman–Crippen MR) is 79.4 cm³/mol. The first-order valence-corrected chi connectivity index (χ1v) is 7.25. The summed E-state index contributed by atoms with van der Waals surface area (Å²) in [6.45, 7) is 3.70. The summed E-state index contributed by atoms with van der Waals surface area (Å²) in [7, 11) is 0. The van der Waals surface area contributed by atoms with Gasteiger partial charge in [-0.25, -0.2) is 0 Å². The lowest BCUT2D eigenvalue weighted by molar-refractivity contribution is 0.462. The molecule has 3 nitrogen and oxygen atoms in total. The molecule has 19 heavy (non-hydrogen) atoms. The molecule has 0 heterocycles.